The number of methoxy groups -OCH3 is 2. The van der Waals surface area contributed by atoms with Crippen LogP contribution in [0.5, 0.6) is 11.5 Å². The van der Waals surface area contributed by atoms with Crippen molar-refractivity contribution in [2.75, 3.05) is 25.3 Å². The number of hydrogen-bond acceptors (Lipinski definition) is 9. The van der Waals surface area contributed by atoms with Gasteiger partial charge >= 0.3 is 0 Å². The highest BCUT2D eigenvalue weighted by atomic mass is 32.2. The van der Waals surface area contributed by atoms with E-state index in [1.165, 1.54) is 50.2 Å². The van der Waals surface area contributed by atoms with Gasteiger partial charge in [-0.15, -0.1) is 10.2 Å². The third kappa shape index (κ3) is 6.74. The lowest BCUT2D eigenvalue weighted by Crippen LogP contribution is -2.24. The first-order chi connectivity index (χ1) is 19.3. The van der Waals surface area contributed by atoms with E-state index in [4.69, 9.17) is 9.47 Å². The number of anilines is 1. The van der Waals surface area contributed by atoms with Gasteiger partial charge < -0.3 is 20.1 Å². The molecule has 4 rings (SSSR count). The molecule has 13 heteroatoms. The fourth-order valence-electron chi connectivity index (χ4n) is 3.77. The van der Waals surface area contributed by atoms with Crippen molar-refractivity contribution >= 4 is 35.0 Å². The summed E-state index contributed by atoms with van der Waals surface area (Å²) >= 11 is 1.17. The molecule has 1 heterocycles. The molecule has 0 spiro atoms. The summed E-state index contributed by atoms with van der Waals surface area (Å²) in [5.74, 6) is 0.786. The zero-order valence-corrected chi connectivity index (χ0v) is 22.7. The normalized spacial score (nSPS) is 10.6. The summed E-state index contributed by atoms with van der Waals surface area (Å²) in [6.07, 6.45) is 0. The van der Waals surface area contributed by atoms with Gasteiger partial charge in [0.25, 0.3) is 11.6 Å². The third-order valence-electron chi connectivity index (χ3n) is 5.71. The van der Waals surface area contributed by atoms with Gasteiger partial charge in [-0.25, -0.2) is 0 Å². The molecule has 0 unspecified atom stereocenters. The molecular formula is C27H26N6O6S. The lowest BCUT2D eigenvalue weighted by molar-refractivity contribution is -0.384. The molecule has 0 atom stereocenters. The highest BCUT2D eigenvalue weighted by molar-refractivity contribution is 7.99. The zero-order chi connectivity index (χ0) is 28.6. The number of carbonyl (C=O) groups is 2. The highest BCUT2D eigenvalue weighted by Crippen LogP contribution is 2.32. The first-order valence-electron chi connectivity index (χ1n) is 12.0. The van der Waals surface area contributed by atoms with Gasteiger partial charge in [0.1, 0.15) is 11.5 Å². The number of nitrogens with one attached hydrogen (secondary N) is 2. The second-order valence-electron chi connectivity index (χ2n) is 8.46. The smallest absolute Gasteiger partial charge is 0.269 e. The van der Waals surface area contributed by atoms with Crippen LogP contribution in [-0.2, 0) is 11.3 Å². The zero-order valence-electron chi connectivity index (χ0n) is 21.9. The molecular weight excluding hydrogens is 536 g/mol. The van der Waals surface area contributed by atoms with E-state index < -0.39 is 10.8 Å². The van der Waals surface area contributed by atoms with Crippen molar-refractivity contribution in [1.82, 2.24) is 20.1 Å². The Morgan fingerprint density at radius 2 is 1.80 bits per heavy atom. The van der Waals surface area contributed by atoms with Gasteiger partial charge in [0.2, 0.25) is 5.91 Å². The number of thioether (sulfide) groups is 1. The lowest BCUT2D eigenvalue weighted by Gasteiger charge is -2.15. The maximum absolute atomic E-state index is 12.7. The maximum atomic E-state index is 12.7. The van der Waals surface area contributed by atoms with Crippen molar-refractivity contribution in [1.29, 1.82) is 0 Å². The number of nitro groups is 1. The molecule has 2 N–H and O–H groups in total. The van der Waals surface area contributed by atoms with Crippen molar-refractivity contribution < 1.29 is 24.0 Å². The minimum atomic E-state index is -0.536. The van der Waals surface area contributed by atoms with Crippen LogP contribution in [0.25, 0.3) is 5.69 Å². The van der Waals surface area contributed by atoms with Gasteiger partial charge in [0.05, 0.1) is 37.1 Å². The van der Waals surface area contributed by atoms with E-state index >= 15 is 0 Å². The first kappa shape index (κ1) is 28.1. The number of aryl methyl sites for hydroxylation is 1. The number of ether oxygens (including phenoxy) is 2. The number of aromatic nitrogens is 3. The Morgan fingerprint density at radius 1 is 1.02 bits per heavy atom. The number of nitrogens with zero attached hydrogens (tertiary/aromatic N) is 4. The molecule has 40 heavy (non-hydrogen) atoms. The fourth-order valence-corrected chi connectivity index (χ4v) is 4.53. The minimum Gasteiger partial charge on any atom is -0.497 e. The van der Waals surface area contributed by atoms with Crippen LogP contribution >= 0.6 is 11.8 Å². The molecule has 4 aromatic rings. The van der Waals surface area contributed by atoms with E-state index in [1.807, 2.05) is 31.2 Å². The Labute approximate surface area is 233 Å². The summed E-state index contributed by atoms with van der Waals surface area (Å²) in [6, 6.07) is 18.0. The molecule has 0 aliphatic heterocycles. The number of amides is 2. The van der Waals surface area contributed by atoms with Gasteiger partial charge in [-0.05, 0) is 48.9 Å². The van der Waals surface area contributed by atoms with Crippen molar-refractivity contribution in [2.24, 2.45) is 0 Å². The fraction of sp³-hybridized carbons (Fsp3) is 0.185. The SMILES string of the molecule is COc1ccc(OC)c(-n2c(CNC(=O)c3ccc([N+](=O)[O-])cc3)nnc2SCC(=O)Nc2cccc(C)c2)c1. The summed E-state index contributed by atoms with van der Waals surface area (Å²) in [5.41, 5.74) is 2.40. The summed E-state index contributed by atoms with van der Waals surface area (Å²) < 4.78 is 12.6. The van der Waals surface area contributed by atoms with E-state index in [9.17, 15) is 19.7 Å². The molecule has 0 fully saturated rings. The average Bonchev–Trinajstić information content (AvgIpc) is 3.37. The monoisotopic (exact) mass is 562 g/mol. The summed E-state index contributed by atoms with van der Waals surface area (Å²) in [7, 11) is 3.06. The predicted octanol–water partition coefficient (Wildman–Crippen LogP) is 4.16. The van der Waals surface area contributed by atoms with Crippen LogP contribution in [0.3, 0.4) is 0 Å². The number of non-ortho nitro benzene ring substituents is 1. The quantitative estimate of drug-likeness (QED) is 0.156. The molecule has 0 saturated carbocycles. The maximum Gasteiger partial charge on any atom is 0.269 e. The van der Waals surface area contributed by atoms with Crippen molar-refractivity contribution in [3.8, 4) is 17.2 Å². The molecule has 12 nitrogen and oxygen atoms in total. The van der Waals surface area contributed by atoms with Crippen LogP contribution in [0.4, 0.5) is 11.4 Å². The van der Waals surface area contributed by atoms with E-state index in [-0.39, 0.29) is 29.5 Å². The standard InChI is InChI=1S/C27H26N6O6S/c1-17-5-4-6-19(13-17)29-25(34)16-40-27-31-30-24(32(27)22-14-21(38-2)11-12-23(22)39-3)15-28-26(35)18-7-9-20(10-8-18)33(36)37/h4-14H,15-16H2,1-3H3,(H,28,35)(H,29,34). The summed E-state index contributed by atoms with van der Waals surface area (Å²) in [6.45, 7) is 1.91. The van der Waals surface area contributed by atoms with E-state index in [1.54, 1.807) is 22.8 Å². The van der Waals surface area contributed by atoms with Gasteiger partial charge in [0.15, 0.2) is 11.0 Å². The van der Waals surface area contributed by atoms with E-state index in [2.05, 4.69) is 20.8 Å². The predicted molar refractivity (Wildman–Crippen MR) is 149 cm³/mol. The Hall–Kier alpha value is -4.91. The topological polar surface area (TPSA) is 151 Å². The molecule has 0 radical (unpaired) electrons. The van der Waals surface area contributed by atoms with Crippen LogP contribution in [0.1, 0.15) is 21.7 Å². The second-order valence-corrected chi connectivity index (χ2v) is 9.41. The van der Waals surface area contributed by atoms with Gasteiger partial charge in [0, 0.05) is 29.4 Å². The molecule has 3 aromatic carbocycles. The summed E-state index contributed by atoms with van der Waals surface area (Å²) in [5, 5.41) is 25.5. The molecule has 206 valence electrons. The Morgan fingerprint density at radius 3 is 2.48 bits per heavy atom. The van der Waals surface area contributed by atoms with Crippen molar-refractivity contribution in [3.63, 3.8) is 0 Å². The Balaban J connectivity index is 1.58. The number of carbonyl (C=O) groups excluding carboxylic acids is 2. The van der Waals surface area contributed by atoms with Gasteiger partial charge in [-0.2, -0.15) is 0 Å². The molecule has 1 aromatic heterocycles. The minimum absolute atomic E-state index is 0.0285. The highest BCUT2D eigenvalue weighted by Gasteiger charge is 2.21. The number of benzene rings is 3. The Kier molecular flexibility index (Phi) is 8.96. The molecule has 0 bridgehead atoms. The Bertz CT molecular complexity index is 1540. The van der Waals surface area contributed by atoms with Crippen molar-refractivity contribution in [2.45, 2.75) is 18.6 Å². The van der Waals surface area contributed by atoms with E-state index in [0.29, 0.717) is 33.9 Å². The van der Waals surface area contributed by atoms with E-state index in [0.717, 1.165) is 5.56 Å². The second kappa shape index (κ2) is 12.8. The molecule has 0 saturated heterocycles. The first-order valence-corrected chi connectivity index (χ1v) is 13.0. The molecule has 0 aliphatic rings. The number of rotatable bonds is 11. The molecule has 2 amide bonds. The lowest BCUT2D eigenvalue weighted by atomic mass is 10.2. The third-order valence-corrected chi connectivity index (χ3v) is 6.64. The average molecular weight is 563 g/mol. The van der Waals surface area contributed by atoms with Crippen LogP contribution in [0.15, 0.2) is 71.9 Å². The van der Waals surface area contributed by atoms with Crippen LogP contribution in [-0.4, -0.2) is 51.5 Å². The van der Waals surface area contributed by atoms with Crippen molar-refractivity contribution in [3.05, 3.63) is 93.8 Å². The van der Waals surface area contributed by atoms with Gasteiger partial charge in [-0.1, -0.05) is 23.9 Å². The van der Waals surface area contributed by atoms with Gasteiger partial charge in [-0.3, -0.25) is 24.3 Å². The number of nitro benzene ring substituents is 1. The number of hydrogen-bond donors (Lipinski definition) is 2. The largest absolute Gasteiger partial charge is 0.497 e. The van der Waals surface area contributed by atoms with Crippen LogP contribution < -0.4 is 20.1 Å². The molecule has 0 aliphatic carbocycles. The van der Waals surface area contributed by atoms with Crippen LogP contribution in [0, 0.1) is 17.0 Å². The summed E-state index contributed by atoms with van der Waals surface area (Å²) in [4.78, 5) is 35.8. The van der Waals surface area contributed by atoms with Crippen LogP contribution in [0.2, 0.25) is 0 Å².